The molecule has 0 radical (unpaired) electrons. The number of nitrogens with one attached hydrogen (secondary N) is 1. The smallest absolute Gasteiger partial charge is 0.224 e. The van der Waals surface area contributed by atoms with Crippen molar-refractivity contribution in [1.29, 1.82) is 5.26 Å². The molecule has 1 heterocycles. The first-order valence-corrected chi connectivity index (χ1v) is 9.51. The maximum atomic E-state index is 13.8. The third kappa shape index (κ3) is 4.75. The van der Waals surface area contributed by atoms with Crippen LogP contribution in [0.3, 0.4) is 0 Å². The zero-order valence-electron chi connectivity index (χ0n) is 15.8. The van der Waals surface area contributed by atoms with Gasteiger partial charge in [-0.2, -0.15) is 10.4 Å². The van der Waals surface area contributed by atoms with Crippen LogP contribution in [0, 0.1) is 23.0 Å². The quantitative estimate of drug-likeness (QED) is 0.561. The third-order valence-electron chi connectivity index (χ3n) is 4.49. The van der Waals surface area contributed by atoms with E-state index in [0.717, 1.165) is 0 Å². The van der Waals surface area contributed by atoms with Crippen molar-refractivity contribution in [2.75, 3.05) is 12.3 Å². The Labute approximate surface area is 176 Å². The van der Waals surface area contributed by atoms with Crippen LogP contribution in [0.15, 0.2) is 42.5 Å². The molecule has 3 N–H and O–H groups in total. The Bertz CT molecular complexity index is 1090. The molecule has 0 aliphatic heterocycles. The number of hydrogen-bond acceptors (Lipinski definition) is 4. The Kier molecular flexibility index (Phi) is 6.65. The summed E-state index contributed by atoms with van der Waals surface area (Å²) in [5.41, 5.74) is 7.42. The fourth-order valence-electron chi connectivity index (χ4n) is 2.96. The summed E-state index contributed by atoms with van der Waals surface area (Å²) >= 11 is 5.93. The molecule has 0 atom stereocenters. The summed E-state index contributed by atoms with van der Waals surface area (Å²) in [7, 11) is 0. The zero-order chi connectivity index (χ0) is 21.7. The molecule has 0 saturated carbocycles. The lowest BCUT2D eigenvalue weighted by Crippen LogP contribution is -2.27. The van der Waals surface area contributed by atoms with E-state index in [1.165, 1.54) is 47.1 Å². The van der Waals surface area contributed by atoms with Crippen LogP contribution in [-0.2, 0) is 17.6 Å². The van der Waals surface area contributed by atoms with Gasteiger partial charge in [0.2, 0.25) is 5.91 Å². The van der Waals surface area contributed by atoms with Gasteiger partial charge in [-0.25, -0.2) is 13.5 Å². The lowest BCUT2D eigenvalue weighted by Gasteiger charge is -2.07. The predicted octanol–water partition coefficient (Wildman–Crippen LogP) is 3.55. The number of nitrogens with zero attached hydrogens (tertiary/aromatic N) is 3. The fraction of sp³-hybridized carbons (Fsp3) is 0.190. The number of carbonyl (C=O) groups excluding carboxylic acids is 1. The summed E-state index contributed by atoms with van der Waals surface area (Å²) in [6.07, 6.45) is 0.717. The maximum Gasteiger partial charge on any atom is 0.224 e. The summed E-state index contributed by atoms with van der Waals surface area (Å²) in [6.45, 7) is 0.305. The maximum absolute atomic E-state index is 13.8. The van der Waals surface area contributed by atoms with E-state index in [9.17, 15) is 18.8 Å². The Balaban J connectivity index is 1.60. The Morgan fingerprint density at radius 3 is 2.63 bits per heavy atom. The van der Waals surface area contributed by atoms with Crippen molar-refractivity contribution in [3.63, 3.8) is 0 Å². The van der Waals surface area contributed by atoms with E-state index in [4.69, 9.17) is 17.3 Å². The lowest BCUT2D eigenvalue weighted by molar-refractivity contribution is -0.120. The number of nitriles is 1. The van der Waals surface area contributed by atoms with Gasteiger partial charge >= 0.3 is 0 Å². The van der Waals surface area contributed by atoms with E-state index in [2.05, 4.69) is 10.4 Å². The van der Waals surface area contributed by atoms with E-state index in [0.29, 0.717) is 30.8 Å². The van der Waals surface area contributed by atoms with Crippen molar-refractivity contribution in [2.24, 2.45) is 0 Å². The number of aromatic nitrogens is 2. The highest BCUT2D eigenvalue weighted by molar-refractivity contribution is 6.31. The summed E-state index contributed by atoms with van der Waals surface area (Å²) in [4.78, 5) is 12.1. The Morgan fingerprint density at radius 1 is 1.23 bits per heavy atom. The van der Waals surface area contributed by atoms with Gasteiger partial charge in [0.25, 0.3) is 0 Å². The monoisotopic (exact) mass is 429 g/mol. The van der Waals surface area contributed by atoms with Crippen molar-refractivity contribution >= 4 is 23.3 Å². The average Bonchev–Trinajstić information content (AvgIpc) is 3.04. The molecule has 0 aliphatic carbocycles. The number of amides is 1. The molecule has 2 aromatic carbocycles. The summed E-state index contributed by atoms with van der Waals surface area (Å²) in [5.74, 6) is -1.12. The molecule has 1 amide bonds. The van der Waals surface area contributed by atoms with Crippen molar-refractivity contribution in [3.05, 3.63) is 75.9 Å². The molecule has 3 rings (SSSR count). The lowest BCUT2D eigenvalue weighted by atomic mass is 10.1. The Morgan fingerprint density at radius 2 is 1.97 bits per heavy atom. The second-order valence-electron chi connectivity index (χ2n) is 6.54. The summed E-state index contributed by atoms with van der Waals surface area (Å²) in [5, 5.41) is 16.7. The predicted molar refractivity (Wildman–Crippen MR) is 109 cm³/mol. The normalized spacial score (nSPS) is 10.6. The number of rotatable bonds is 7. The van der Waals surface area contributed by atoms with Gasteiger partial charge in [-0.1, -0.05) is 17.7 Å². The number of halogens is 3. The van der Waals surface area contributed by atoms with Crippen LogP contribution in [0.5, 0.6) is 0 Å². The molecule has 1 aromatic heterocycles. The molecule has 9 heteroatoms. The van der Waals surface area contributed by atoms with E-state index in [-0.39, 0.29) is 34.3 Å². The van der Waals surface area contributed by atoms with E-state index >= 15 is 0 Å². The second kappa shape index (κ2) is 9.37. The van der Waals surface area contributed by atoms with E-state index < -0.39 is 11.6 Å². The molecule has 0 unspecified atom stereocenters. The minimum absolute atomic E-state index is 0.147. The zero-order valence-corrected chi connectivity index (χ0v) is 16.6. The number of aryl methyl sites for hydroxylation is 1. The molecule has 0 saturated heterocycles. The van der Waals surface area contributed by atoms with Crippen LogP contribution in [0.4, 0.5) is 14.6 Å². The second-order valence-corrected chi connectivity index (χ2v) is 6.94. The largest absolute Gasteiger partial charge is 0.382 e. The molecule has 3 aromatic rings. The molecule has 6 nitrogen and oxygen atoms in total. The van der Waals surface area contributed by atoms with Gasteiger partial charge in [-0.05, 0) is 49.2 Å². The van der Waals surface area contributed by atoms with Gasteiger partial charge in [0, 0.05) is 17.1 Å². The molecule has 154 valence electrons. The van der Waals surface area contributed by atoms with Crippen LogP contribution in [-0.4, -0.2) is 22.2 Å². The highest BCUT2D eigenvalue weighted by Gasteiger charge is 2.17. The van der Waals surface area contributed by atoms with Crippen molar-refractivity contribution in [2.45, 2.75) is 19.3 Å². The molecule has 0 bridgehead atoms. The highest BCUT2D eigenvalue weighted by atomic mass is 35.5. The van der Waals surface area contributed by atoms with Crippen molar-refractivity contribution in [1.82, 2.24) is 15.1 Å². The molecular formula is C21H18ClF2N5O. The average molecular weight is 430 g/mol. The number of nitrogens with two attached hydrogens (primary N) is 1. The molecule has 0 aliphatic rings. The van der Waals surface area contributed by atoms with Gasteiger partial charge < -0.3 is 11.1 Å². The van der Waals surface area contributed by atoms with Gasteiger partial charge in [-0.3, -0.25) is 4.79 Å². The first-order valence-electron chi connectivity index (χ1n) is 9.13. The first kappa shape index (κ1) is 21.3. The van der Waals surface area contributed by atoms with Crippen LogP contribution < -0.4 is 11.1 Å². The van der Waals surface area contributed by atoms with Gasteiger partial charge in [0.1, 0.15) is 29.1 Å². The number of benzene rings is 2. The standard InChI is InChI=1S/C21H18ClF2N5O/c22-17-3-1-4-18(24)15(17)11-20(30)27-10-2-5-19-16(12-25)21(26)29(28-19)14-8-6-13(23)7-9-14/h1,3-4,6-9H,2,5,10-11,26H2,(H,27,30). The molecule has 0 fully saturated rings. The summed E-state index contributed by atoms with van der Waals surface area (Å²) < 4.78 is 28.3. The number of nitrogen functional groups attached to an aromatic ring is 1. The van der Waals surface area contributed by atoms with E-state index in [1.54, 1.807) is 0 Å². The number of carbonyl (C=O) groups is 1. The van der Waals surface area contributed by atoms with E-state index in [1.807, 2.05) is 6.07 Å². The SMILES string of the molecule is N#Cc1c(CCCNC(=O)Cc2c(F)cccc2Cl)nn(-c2ccc(F)cc2)c1N. The van der Waals surface area contributed by atoms with Crippen LogP contribution >= 0.6 is 11.6 Å². The molecule has 30 heavy (non-hydrogen) atoms. The first-order chi connectivity index (χ1) is 14.4. The third-order valence-corrected chi connectivity index (χ3v) is 4.84. The topological polar surface area (TPSA) is 96.7 Å². The minimum Gasteiger partial charge on any atom is -0.382 e. The summed E-state index contributed by atoms with van der Waals surface area (Å²) in [6, 6.07) is 11.9. The molecule has 0 spiro atoms. The van der Waals surface area contributed by atoms with Gasteiger partial charge in [0.15, 0.2) is 0 Å². The number of hydrogen-bond donors (Lipinski definition) is 2. The van der Waals surface area contributed by atoms with Gasteiger partial charge in [0.05, 0.1) is 17.8 Å². The van der Waals surface area contributed by atoms with Crippen LogP contribution in [0.1, 0.15) is 23.2 Å². The van der Waals surface area contributed by atoms with Crippen molar-refractivity contribution in [3.8, 4) is 11.8 Å². The minimum atomic E-state index is -0.530. The molecular weight excluding hydrogens is 412 g/mol. The van der Waals surface area contributed by atoms with Crippen LogP contribution in [0.25, 0.3) is 5.69 Å². The Hall–Kier alpha value is -3.44. The number of anilines is 1. The highest BCUT2D eigenvalue weighted by Crippen LogP contribution is 2.22. The van der Waals surface area contributed by atoms with Crippen molar-refractivity contribution < 1.29 is 13.6 Å². The fourth-order valence-corrected chi connectivity index (χ4v) is 3.19. The van der Waals surface area contributed by atoms with Crippen LogP contribution in [0.2, 0.25) is 5.02 Å². The van der Waals surface area contributed by atoms with Gasteiger partial charge in [-0.15, -0.1) is 0 Å².